The Morgan fingerprint density at radius 2 is 1.85 bits per heavy atom. The van der Waals surface area contributed by atoms with E-state index in [1.807, 2.05) is 58.3 Å². The number of benzene rings is 2. The maximum absolute atomic E-state index is 13.1. The predicted octanol–water partition coefficient (Wildman–Crippen LogP) is 3.69. The van der Waals surface area contributed by atoms with E-state index in [-0.39, 0.29) is 5.91 Å². The second kappa shape index (κ2) is 7.48. The molecule has 0 fully saturated rings. The van der Waals surface area contributed by atoms with Gasteiger partial charge in [-0.1, -0.05) is 30.0 Å². The first-order valence-electron chi connectivity index (χ1n) is 8.93. The Labute approximate surface area is 163 Å². The van der Waals surface area contributed by atoms with E-state index in [1.165, 1.54) is 11.3 Å². The summed E-state index contributed by atoms with van der Waals surface area (Å²) in [5.74, 6) is 0.0716. The average Bonchev–Trinajstić information content (AvgIpc) is 3.13. The number of hydrogen-bond donors (Lipinski definition) is 0. The Balaban J connectivity index is 1.56. The lowest BCUT2D eigenvalue weighted by Crippen LogP contribution is -2.34. The first-order chi connectivity index (χ1) is 13.2. The zero-order valence-corrected chi connectivity index (χ0v) is 16.3. The molecule has 1 aliphatic heterocycles. The molecule has 27 heavy (non-hydrogen) atoms. The first-order valence-corrected chi connectivity index (χ1v) is 10.2. The summed E-state index contributed by atoms with van der Waals surface area (Å²) in [6.45, 7) is 2.18. The van der Waals surface area contributed by atoms with Gasteiger partial charge in [-0.05, 0) is 42.2 Å². The smallest absolute Gasteiger partial charge is 0.254 e. The molecule has 1 aliphatic rings. The molecule has 0 saturated heterocycles. The van der Waals surface area contributed by atoms with Gasteiger partial charge in [0.15, 0.2) is 5.16 Å². The molecule has 2 heterocycles. The van der Waals surface area contributed by atoms with Crippen molar-refractivity contribution in [2.45, 2.75) is 11.7 Å². The Kier molecular flexibility index (Phi) is 4.90. The molecule has 0 bridgehead atoms. The summed E-state index contributed by atoms with van der Waals surface area (Å²) in [5.41, 5.74) is 4.11. The van der Waals surface area contributed by atoms with Crippen LogP contribution in [-0.2, 0) is 6.54 Å². The lowest BCUT2D eigenvalue weighted by Gasteiger charge is -2.21. The van der Waals surface area contributed by atoms with E-state index in [2.05, 4.69) is 29.1 Å². The van der Waals surface area contributed by atoms with Gasteiger partial charge in [-0.3, -0.25) is 9.36 Å². The quantitative estimate of drug-likeness (QED) is 0.652. The number of hydrogen-bond acceptors (Lipinski definition) is 4. The van der Waals surface area contributed by atoms with Gasteiger partial charge in [0.2, 0.25) is 0 Å². The van der Waals surface area contributed by atoms with Crippen LogP contribution in [-0.4, -0.2) is 46.8 Å². The maximum atomic E-state index is 13.1. The number of nitrogens with zero attached hydrogens (tertiary/aromatic N) is 4. The number of fused-ring (bicyclic) bond motifs is 1. The number of amides is 1. The van der Waals surface area contributed by atoms with Gasteiger partial charge in [-0.15, -0.1) is 0 Å². The normalized spacial score (nSPS) is 14.0. The minimum atomic E-state index is 0.0716. The van der Waals surface area contributed by atoms with Gasteiger partial charge in [0.05, 0.1) is 0 Å². The van der Waals surface area contributed by atoms with Crippen LogP contribution >= 0.6 is 11.8 Å². The van der Waals surface area contributed by atoms with Crippen LogP contribution in [0.1, 0.15) is 15.9 Å². The third-order valence-corrected chi connectivity index (χ3v) is 5.61. The molecule has 0 unspecified atom stereocenters. The molecule has 1 amide bonds. The fraction of sp³-hybridized carbons (Fsp3) is 0.238. The summed E-state index contributed by atoms with van der Waals surface area (Å²) < 4.78 is 2.02. The summed E-state index contributed by atoms with van der Waals surface area (Å²) >= 11 is 1.60. The molecule has 0 saturated carbocycles. The maximum Gasteiger partial charge on any atom is 0.254 e. The van der Waals surface area contributed by atoms with Crippen molar-refractivity contribution in [1.29, 1.82) is 0 Å². The molecule has 138 valence electrons. The average molecular weight is 379 g/mol. The van der Waals surface area contributed by atoms with Crippen molar-refractivity contribution >= 4 is 23.4 Å². The van der Waals surface area contributed by atoms with Gasteiger partial charge >= 0.3 is 0 Å². The number of anilines is 1. The van der Waals surface area contributed by atoms with E-state index < -0.39 is 0 Å². The SMILES string of the molecule is CSc1nccn1-c1ccc(C(=O)N2CCN(C)c3ccccc3C2)cc1. The highest BCUT2D eigenvalue weighted by molar-refractivity contribution is 7.98. The molecule has 0 aliphatic carbocycles. The number of thioether (sulfide) groups is 1. The minimum Gasteiger partial charge on any atom is -0.373 e. The highest BCUT2D eigenvalue weighted by Gasteiger charge is 2.22. The molecular formula is C21H22N4OS. The Morgan fingerprint density at radius 3 is 2.63 bits per heavy atom. The second-order valence-electron chi connectivity index (χ2n) is 6.61. The van der Waals surface area contributed by atoms with E-state index in [9.17, 15) is 4.79 Å². The standard InChI is InChI=1S/C21H22N4OS/c1-23-13-14-24(15-17-5-3-4-6-19(17)23)20(26)16-7-9-18(10-8-16)25-12-11-22-21(25)27-2/h3-12H,13-15H2,1-2H3. The fourth-order valence-electron chi connectivity index (χ4n) is 3.45. The highest BCUT2D eigenvalue weighted by atomic mass is 32.2. The number of para-hydroxylation sites is 1. The number of likely N-dealkylation sites (N-methyl/N-ethyl adjacent to an activating group) is 1. The van der Waals surface area contributed by atoms with Crippen LogP contribution in [0, 0.1) is 0 Å². The van der Waals surface area contributed by atoms with Crippen LogP contribution in [0.3, 0.4) is 0 Å². The lowest BCUT2D eigenvalue weighted by molar-refractivity contribution is 0.0752. The summed E-state index contributed by atoms with van der Waals surface area (Å²) in [4.78, 5) is 21.6. The van der Waals surface area contributed by atoms with E-state index in [1.54, 1.807) is 18.0 Å². The molecule has 0 atom stereocenters. The number of imidazole rings is 1. The predicted molar refractivity (Wildman–Crippen MR) is 110 cm³/mol. The summed E-state index contributed by atoms with van der Waals surface area (Å²) in [6, 6.07) is 16.1. The van der Waals surface area contributed by atoms with Crippen molar-refractivity contribution in [2.24, 2.45) is 0 Å². The Morgan fingerprint density at radius 1 is 1.07 bits per heavy atom. The minimum absolute atomic E-state index is 0.0716. The highest BCUT2D eigenvalue weighted by Crippen LogP contribution is 2.25. The van der Waals surface area contributed by atoms with Crippen molar-refractivity contribution in [2.75, 3.05) is 31.3 Å². The number of rotatable bonds is 3. The molecule has 0 N–H and O–H groups in total. The third-order valence-electron chi connectivity index (χ3n) is 4.94. The topological polar surface area (TPSA) is 41.4 Å². The van der Waals surface area contributed by atoms with Crippen LogP contribution in [0.2, 0.25) is 0 Å². The second-order valence-corrected chi connectivity index (χ2v) is 7.38. The van der Waals surface area contributed by atoms with Gasteiger partial charge in [-0.2, -0.15) is 0 Å². The summed E-state index contributed by atoms with van der Waals surface area (Å²) in [7, 11) is 2.08. The van der Waals surface area contributed by atoms with Crippen LogP contribution in [0.25, 0.3) is 5.69 Å². The fourth-order valence-corrected chi connectivity index (χ4v) is 3.98. The molecule has 2 aromatic carbocycles. The van der Waals surface area contributed by atoms with E-state index in [0.717, 1.165) is 17.4 Å². The van der Waals surface area contributed by atoms with Crippen LogP contribution < -0.4 is 4.90 Å². The molecule has 0 spiro atoms. The molecular weight excluding hydrogens is 356 g/mol. The van der Waals surface area contributed by atoms with E-state index in [4.69, 9.17) is 0 Å². The zero-order valence-electron chi connectivity index (χ0n) is 15.5. The molecule has 0 radical (unpaired) electrons. The van der Waals surface area contributed by atoms with Crippen molar-refractivity contribution < 1.29 is 4.79 Å². The van der Waals surface area contributed by atoms with Crippen molar-refractivity contribution in [1.82, 2.24) is 14.5 Å². The number of carbonyl (C=O) groups is 1. The van der Waals surface area contributed by atoms with Gasteiger partial charge in [0.1, 0.15) is 0 Å². The number of aromatic nitrogens is 2. The van der Waals surface area contributed by atoms with Gasteiger partial charge in [0.25, 0.3) is 5.91 Å². The molecule has 4 rings (SSSR count). The summed E-state index contributed by atoms with van der Waals surface area (Å²) in [5, 5.41) is 0.932. The first kappa shape index (κ1) is 17.7. The van der Waals surface area contributed by atoms with E-state index >= 15 is 0 Å². The van der Waals surface area contributed by atoms with Crippen molar-refractivity contribution in [3.05, 3.63) is 72.1 Å². The van der Waals surface area contributed by atoms with Crippen molar-refractivity contribution in [3.8, 4) is 5.69 Å². The molecule has 6 heteroatoms. The van der Waals surface area contributed by atoms with E-state index in [0.29, 0.717) is 18.7 Å². The largest absolute Gasteiger partial charge is 0.373 e. The van der Waals surface area contributed by atoms with Gasteiger partial charge in [-0.25, -0.2) is 4.98 Å². The van der Waals surface area contributed by atoms with Gasteiger partial charge in [0, 0.05) is 56.0 Å². The lowest BCUT2D eigenvalue weighted by atomic mass is 10.1. The molecule has 3 aromatic rings. The Bertz CT molecular complexity index is 951. The van der Waals surface area contributed by atoms with Crippen LogP contribution in [0.5, 0.6) is 0 Å². The van der Waals surface area contributed by atoms with Gasteiger partial charge < -0.3 is 9.80 Å². The monoisotopic (exact) mass is 378 g/mol. The summed E-state index contributed by atoms with van der Waals surface area (Å²) in [6.07, 6.45) is 5.73. The zero-order chi connectivity index (χ0) is 18.8. The Hall–Kier alpha value is -2.73. The van der Waals surface area contributed by atoms with Crippen LogP contribution in [0.4, 0.5) is 5.69 Å². The molecule has 1 aromatic heterocycles. The van der Waals surface area contributed by atoms with Crippen molar-refractivity contribution in [3.63, 3.8) is 0 Å². The van der Waals surface area contributed by atoms with Crippen LogP contribution in [0.15, 0.2) is 66.1 Å². The number of carbonyl (C=O) groups excluding carboxylic acids is 1. The molecule has 5 nitrogen and oxygen atoms in total. The third kappa shape index (κ3) is 3.45.